The number of nitrogens with zero attached hydrogens (tertiary/aromatic N) is 1. The van der Waals surface area contributed by atoms with Crippen molar-refractivity contribution in [3.8, 4) is 23.3 Å². The van der Waals surface area contributed by atoms with Gasteiger partial charge in [-0.1, -0.05) is 37.5 Å². The lowest BCUT2D eigenvalue weighted by Crippen LogP contribution is -2.36. The highest BCUT2D eigenvalue weighted by molar-refractivity contribution is 7.99. The van der Waals surface area contributed by atoms with Crippen LogP contribution in [0.25, 0.3) is 0 Å². The molecule has 0 aliphatic carbocycles. The smallest absolute Gasteiger partial charge is 0.344 e. The Labute approximate surface area is 219 Å². The van der Waals surface area contributed by atoms with Crippen molar-refractivity contribution in [3.05, 3.63) is 47.0 Å². The normalized spacial score (nSPS) is 13.7. The van der Waals surface area contributed by atoms with Gasteiger partial charge in [0, 0.05) is 28.4 Å². The van der Waals surface area contributed by atoms with Crippen LogP contribution in [0.2, 0.25) is 0 Å². The van der Waals surface area contributed by atoms with Crippen LogP contribution in [0.4, 0.5) is 0 Å². The first-order chi connectivity index (χ1) is 17.3. The zero-order chi connectivity index (χ0) is 25.9. The minimum atomic E-state index is -0.367. The fourth-order valence-corrected chi connectivity index (χ4v) is 4.63. The Balaban J connectivity index is 1.77. The molecule has 7 heteroatoms. The first-order valence-electron chi connectivity index (χ1n) is 12.5. The van der Waals surface area contributed by atoms with Gasteiger partial charge < -0.3 is 18.9 Å². The van der Waals surface area contributed by atoms with Crippen molar-refractivity contribution in [2.75, 3.05) is 52.7 Å². The molecular weight excluding hydrogens is 474 g/mol. The first kappa shape index (κ1) is 27.9. The predicted molar refractivity (Wildman–Crippen MR) is 143 cm³/mol. The molecule has 1 aliphatic rings. The highest BCUT2D eigenvalue weighted by Crippen LogP contribution is 2.36. The van der Waals surface area contributed by atoms with E-state index >= 15 is 0 Å². The van der Waals surface area contributed by atoms with Gasteiger partial charge in [0.15, 0.2) is 6.61 Å². The number of aryl methyl sites for hydroxylation is 2. The van der Waals surface area contributed by atoms with Gasteiger partial charge in [0.1, 0.15) is 11.5 Å². The molecule has 2 aromatic carbocycles. The number of hydrogen-bond acceptors (Lipinski definition) is 7. The van der Waals surface area contributed by atoms with Gasteiger partial charge in [-0.2, -0.15) is 0 Å². The van der Waals surface area contributed by atoms with Crippen molar-refractivity contribution >= 4 is 17.7 Å². The minimum absolute atomic E-state index is 0.0949. The van der Waals surface area contributed by atoms with E-state index in [0.29, 0.717) is 24.9 Å². The van der Waals surface area contributed by atoms with E-state index in [4.69, 9.17) is 18.9 Å². The molecule has 36 heavy (non-hydrogen) atoms. The highest BCUT2D eigenvalue weighted by atomic mass is 32.2. The highest BCUT2D eigenvalue weighted by Gasteiger charge is 2.12. The average Bonchev–Trinajstić information content (AvgIpc) is 2.85. The molecule has 0 unspecified atom stereocenters. The van der Waals surface area contributed by atoms with E-state index in [0.717, 1.165) is 65.1 Å². The average molecular weight is 512 g/mol. The molecule has 0 amide bonds. The molecule has 0 N–H and O–H groups in total. The third kappa shape index (κ3) is 9.09. The van der Waals surface area contributed by atoms with E-state index in [9.17, 15) is 4.79 Å². The van der Waals surface area contributed by atoms with E-state index in [2.05, 4.69) is 48.8 Å². The molecule has 0 radical (unpaired) electrons. The summed E-state index contributed by atoms with van der Waals surface area (Å²) in [4.78, 5) is 16.2. The fourth-order valence-electron chi connectivity index (χ4n) is 3.56. The van der Waals surface area contributed by atoms with Gasteiger partial charge in [-0.3, -0.25) is 4.90 Å². The summed E-state index contributed by atoms with van der Waals surface area (Å²) in [6.07, 6.45) is 0. The second kappa shape index (κ2) is 14.2. The number of benzene rings is 2. The molecule has 0 spiro atoms. The maximum Gasteiger partial charge on any atom is 0.344 e. The van der Waals surface area contributed by atoms with Gasteiger partial charge in [0.25, 0.3) is 0 Å². The Morgan fingerprint density at radius 3 is 2.58 bits per heavy atom. The van der Waals surface area contributed by atoms with E-state index in [1.54, 1.807) is 18.7 Å². The maximum atomic E-state index is 11.7. The molecule has 1 saturated heterocycles. The molecule has 3 rings (SSSR count). The molecule has 6 nitrogen and oxygen atoms in total. The molecule has 194 valence electrons. The Hall–Kier alpha value is -2.66. The lowest BCUT2D eigenvalue weighted by molar-refractivity contribution is -0.145. The molecule has 1 aliphatic heterocycles. The number of rotatable bonds is 10. The summed E-state index contributed by atoms with van der Waals surface area (Å²) in [6, 6.07) is 10.3. The second-order valence-corrected chi connectivity index (χ2v) is 10.3. The van der Waals surface area contributed by atoms with Crippen LogP contribution in [0.3, 0.4) is 0 Å². The van der Waals surface area contributed by atoms with E-state index < -0.39 is 0 Å². The van der Waals surface area contributed by atoms with Gasteiger partial charge in [0.2, 0.25) is 0 Å². The topological polar surface area (TPSA) is 57.2 Å². The second-order valence-electron chi connectivity index (χ2n) is 9.17. The van der Waals surface area contributed by atoms with Crippen molar-refractivity contribution in [1.29, 1.82) is 0 Å². The van der Waals surface area contributed by atoms with Crippen LogP contribution in [0.5, 0.6) is 11.5 Å². The third-order valence-electron chi connectivity index (χ3n) is 5.45. The molecule has 0 bridgehead atoms. The standard InChI is InChI=1S/C29H37NO5S/c1-6-33-29(31)20-35-27-14-23(5)28(15-22(27)4)36-26-17-24(16-25(18-26)34-19-21(2)3)8-7-9-30-10-12-32-13-11-30/h14-18,21H,6,9-13,19-20H2,1-5H3. The van der Waals surface area contributed by atoms with Crippen LogP contribution in [0, 0.1) is 31.6 Å². The lowest BCUT2D eigenvalue weighted by Gasteiger charge is -2.24. The first-order valence-corrected chi connectivity index (χ1v) is 13.3. The van der Waals surface area contributed by atoms with E-state index in [1.807, 2.05) is 26.0 Å². The van der Waals surface area contributed by atoms with Crippen molar-refractivity contribution in [3.63, 3.8) is 0 Å². The number of morpholine rings is 1. The Bertz CT molecular complexity index is 1080. The molecule has 0 atom stereocenters. The SMILES string of the molecule is CCOC(=O)COc1cc(C)c(Sc2cc(C#CCN3CCOCC3)cc(OCC(C)C)c2)cc1C. The number of ether oxygens (including phenoxy) is 4. The van der Waals surface area contributed by atoms with Crippen molar-refractivity contribution < 1.29 is 23.7 Å². The lowest BCUT2D eigenvalue weighted by atomic mass is 10.1. The van der Waals surface area contributed by atoms with Gasteiger partial charge in [-0.05, 0) is 68.1 Å². The fraction of sp³-hybridized carbons (Fsp3) is 0.483. The predicted octanol–water partition coefficient (Wildman–Crippen LogP) is 5.12. The Kier molecular flexibility index (Phi) is 11.0. The van der Waals surface area contributed by atoms with Crippen LogP contribution in [0.1, 0.15) is 37.5 Å². The minimum Gasteiger partial charge on any atom is -0.493 e. The number of hydrogen-bond donors (Lipinski definition) is 0. The Morgan fingerprint density at radius 1 is 1.08 bits per heavy atom. The summed E-state index contributed by atoms with van der Waals surface area (Å²) in [6.45, 7) is 15.1. The van der Waals surface area contributed by atoms with Crippen LogP contribution < -0.4 is 9.47 Å². The molecule has 1 heterocycles. The molecule has 1 fully saturated rings. The van der Waals surface area contributed by atoms with Gasteiger partial charge in [-0.15, -0.1) is 0 Å². The zero-order valence-electron chi connectivity index (χ0n) is 22.0. The summed E-state index contributed by atoms with van der Waals surface area (Å²) < 4.78 is 22.1. The summed E-state index contributed by atoms with van der Waals surface area (Å²) >= 11 is 1.67. The maximum absolute atomic E-state index is 11.7. The van der Waals surface area contributed by atoms with Crippen LogP contribution in [-0.2, 0) is 14.3 Å². The quantitative estimate of drug-likeness (QED) is 0.324. The van der Waals surface area contributed by atoms with E-state index in [1.165, 1.54) is 0 Å². The van der Waals surface area contributed by atoms with Crippen LogP contribution in [0.15, 0.2) is 40.1 Å². The summed E-state index contributed by atoms with van der Waals surface area (Å²) in [5, 5.41) is 0. The largest absolute Gasteiger partial charge is 0.493 e. The number of carbonyl (C=O) groups is 1. The monoisotopic (exact) mass is 511 g/mol. The number of esters is 1. The van der Waals surface area contributed by atoms with Crippen molar-refractivity contribution in [2.24, 2.45) is 5.92 Å². The third-order valence-corrected chi connectivity index (χ3v) is 6.58. The summed E-state index contributed by atoms with van der Waals surface area (Å²) in [5.74, 6) is 8.23. The van der Waals surface area contributed by atoms with Crippen molar-refractivity contribution in [2.45, 2.75) is 44.4 Å². The summed E-state index contributed by atoms with van der Waals surface area (Å²) in [7, 11) is 0. The molecule has 0 aromatic heterocycles. The Morgan fingerprint density at radius 2 is 1.86 bits per heavy atom. The van der Waals surface area contributed by atoms with Crippen LogP contribution >= 0.6 is 11.8 Å². The van der Waals surface area contributed by atoms with Gasteiger partial charge >= 0.3 is 5.97 Å². The van der Waals surface area contributed by atoms with Crippen LogP contribution in [-0.4, -0.2) is 63.5 Å². The molecule has 0 saturated carbocycles. The summed E-state index contributed by atoms with van der Waals surface area (Å²) in [5.41, 5.74) is 2.97. The zero-order valence-corrected chi connectivity index (χ0v) is 22.8. The van der Waals surface area contributed by atoms with Gasteiger partial charge in [0.05, 0.1) is 33.0 Å². The molecule has 2 aromatic rings. The van der Waals surface area contributed by atoms with E-state index in [-0.39, 0.29) is 12.6 Å². The van der Waals surface area contributed by atoms with Crippen molar-refractivity contribution in [1.82, 2.24) is 4.90 Å². The van der Waals surface area contributed by atoms with Gasteiger partial charge in [-0.25, -0.2) is 4.79 Å². The molecular formula is C29H37NO5S. The number of carbonyl (C=O) groups excluding carboxylic acids is 1.